The number of carbonyl (C=O) groups excluding carboxylic acids is 1. The minimum absolute atomic E-state index is 0.0237. The van der Waals surface area contributed by atoms with Crippen molar-refractivity contribution in [2.45, 2.75) is 32.7 Å². The zero-order valence-electron chi connectivity index (χ0n) is 12.3. The number of hydrogen-bond donors (Lipinski definition) is 1. The Labute approximate surface area is 125 Å². The van der Waals surface area contributed by atoms with Crippen molar-refractivity contribution >= 4 is 23.1 Å². The first-order chi connectivity index (χ1) is 9.45. The Morgan fingerprint density at radius 1 is 1.40 bits per heavy atom. The first kappa shape index (κ1) is 16.4. The van der Waals surface area contributed by atoms with Crippen molar-refractivity contribution in [3.8, 4) is 5.75 Å². The topological polar surface area (TPSA) is 55.6 Å². The standard InChI is InChI=1S/C15H22N2O2S/c1-4-5-11(2)17(3)14(18)10-19-13-8-6-12(7-9-13)15(16)20/h6-9,11H,4-5,10H2,1-3H3,(H2,16,20). The van der Waals surface area contributed by atoms with Gasteiger partial charge in [-0.1, -0.05) is 25.6 Å². The molecule has 0 aliphatic rings. The zero-order valence-corrected chi connectivity index (χ0v) is 13.1. The normalized spacial score (nSPS) is 11.8. The van der Waals surface area contributed by atoms with E-state index < -0.39 is 0 Å². The molecule has 1 aromatic rings. The number of nitrogens with zero attached hydrogens (tertiary/aromatic N) is 1. The highest BCUT2D eigenvalue weighted by atomic mass is 32.1. The molecule has 0 saturated heterocycles. The SMILES string of the molecule is CCCC(C)N(C)C(=O)COc1ccc(C(N)=S)cc1. The average molecular weight is 294 g/mol. The molecule has 1 aromatic carbocycles. The molecule has 1 amide bonds. The summed E-state index contributed by atoms with van der Waals surface area (Å²) >= 11 is 4.88. The van der Waals surface area contributed by atoms with Gasteiger partial charge in [0.15, 0.2) is 6.61 Å². The van der Waals surface area contributed by atoms with Crippen LogP contribution in [0.1, 0.15) is 32.3 Å². The smallest absolute Gasteiger partial charge is 0.260 e. The van der Waals surface area contributed by atoms with Gasteiger partial charge in [0, 0.05) is 18.7 Å². The second kappa shape index (κ2) is 7.85. The summed E-state index contributed by atoms with van der Waals surface area (Å²) in [4.78, 5) is 14.0. The average Bonchev–Trinajstić information content (AvgIpc) is 2.44. The van der Waals surface area contributed by atoms with E-state index in [-0.39, 0.29) is 18.6 Å². The van der Waals surface area contributed by atoms with Crippen molar-refractivity contribution in [3.05, 3.63) is 29.8 Å². The highest BCUT2D eigenvalue weighted by Crippen LogP contribution is 2.12. The van der Waals surface area contributed by atoms with Crippen LogP contribution >= 0.6 is 12.2 Å². The van der Waals surface area contributed by atoms with Gasteiger partial charge >= 0.3 is 0 Å². The van der Waals surface area contributed by atoms with Gasteiger partial charge in [0.05, 0.1) is 0 Å². The van der Waals surface area contributed by atoms with Crippen LogP contribution in [0.5, 0.6) is 5.75 Å². The number of amides is 1. The Morgan fingerprint density at radius 2 is 2.00 bits per heavy atom. The lowest BCUT2D eigenvalue weighted by atomic mass is 10.2. The molecule has 0 saturated carbocycles. The van der Waals surface area contributed by atoms with E-state index in [9.17, 15) is 4.79 Å². The van der Waals surface area contributed by atoms with Crippen LogP contribution in [-0.4, -0.2) is 35.5 Å². The highest BCUT2D eigenvalue weighted by Gasteiger charge is 2.15. The number of nitrogens with two attached hydrogens (primary N) is 1. The van der Waals surface area contributed by atoms with E-state index in [0.29, 0.717) is 10.7 Å². The predicted octanol–water partition coefficient (Wildman–Crippen LogP) is 2.35. The van der Waals surface area contributed by atoms with Crippen molar-refractivity contribution in [1.29, 1.82) is 0 Å². The van der Waals surface area contributed by atoms with E-state index in [2.05, 4.69) is 6.92 Å². The molecule has 0 bridgehead atoms. The lowest BCUT2D eigenvalue weighted by Gasteiger charge is -2.24. The Morgan fingerprint density at radius 3 is 2.50 bits per heavy atom. The fourth-order valence-corrected chi connectivity index (χ4v) is 1.96. The number of likely N-dealkylation sites (N-methyl/N-ethyl adjacent to an activating group) is 1. The van der Waals surface area contributed by atoms with Crippen LogP contribution in [0.3, 0.4) is 0 Å². The molecular formula is C15H22N2O2S. The maximum Gasteiger partial charge on any atom is 0.260 e. The van der Waals surface area contributed by atoms with Gasteiger partial charge in [0.2, 0.25) is 0 Å². The minimum Gasteiger partial charge on any atom is -0.484 e. The van der Waals surface area contributed by atoms with Gasteiger partial charge < -0.3 is 15.4 Å². The molecule has 0 aliphatic carbocycles. The van der Waals surface area contributed by atoms with Crippen LogP contribution in [0.2, 0.25) is 0 Å². The predicted molar refractivity (Wildman–Crippen MR) is 85.0 cm³/mol. The maximum atomic E-state index is 12.0. The summed E-state index contributed by atoms with van der Waals surface area (Å²) in [7, 11) is 1.81. The Balaban J connectivity index is 2.50. The van der Waals surface area contributed by atoms with Gasteiger partial charge in [0.25, 0.3) is 5.91 Å². The fourth-order valence-electron chi connectivity index (χ4n) is 1.82. The number of hydrogen-bond acceptors (Lipinski definition) is 3. The molecule has 4 nitrogen and oxygen atoms in total. The monoisotopic (exact) mass is 294 g/mol. The molecule has 20 heavy (non-hydrogen) atoms. The molecule has 2 N–H and O–H groups in total. The van der Waals surface area contributed by atoms with Crippen LogP contribution < -0.4 is 10.5 Å². The first-order valence-corrected chi connectivity index (χ1v) is 7.14. The Hall–Kier alpha value is -1.62. The van der Waals surface area contributed by atoms with E-state index in [1.54, 1.807) is 29.2 Å². The van der Waals surface area contributed by atoms with E-state index in [1.807, 2.05) is 14.0 Å². The molecule has 0 radical (unpaired) electrons. The largest absolute Gasteiger partial charge is 0.484 e. The van der Waals surface area contributed by atoms with Crippen LogP contribution in [0.15, 0.2) is 24.3 Å². The Bertz CT molecular complexity index is 459. The van der Waals surface area contributed by atoms with Gasteiger partial charge in [-0.15, -0.1) is 0 Å². The van der Waals surface area contributed by atoms with Gasteiger partial charge in [0.1, 0.15) is 10.7 Å². The van der Waals surface area contributed by atoms with E-state index in [1.165, 1.54) is 0 Å². The molecule has 0 spiro atoms. The summed E-state index contributed by atoms with van der Waals surface area (Å²) in [6.45, 7) is 4.18. The molecule has 0 heterocycles. The molecule has 110 valence electrons. The summed E-state index contributed by atoms with van der Waals surface area (Å²) in [5.41, 5.74) is 6.30. The molecule has 1 atom stereocenters. The van der Waals surface area contributed by atoms with Crippen LogP contribution in [0, 0.1) is 0 Å². The number of benzene rings is 1. The third kappa shape index (κ3) is 4.81. The van der Waals surface area contributed by atoms with E-state index in [0.717, 1.165) is 18.4 Å². The van der Waals surface area contributed by atoms with E-state index >= 15 is 0 Å². The number of ether oxygens (including phenoxy) is 1. The zero-order chi connectivity index (χ0) is 15.1. The van der Waals surface area contributed by atoms with Crippen LogP contribution in [0.25, 0.3) is 0 Å². The second-order valence-electron chi connectivity index (χ2n) is 4.82. The second-order valence-corrected chi connectivity index (χ2v) is 5.26. The number of rotatable bonds is 7. The molecule has 1 unspecified atom stereocenters. The van der Waals surface area contributed by atoms with Gasteiger partial charge in [-0.3, -0.25) is 4.79 Å². The molecule has 0 aliphatic heterocycles. The third-order valence-corrected chi connectivity index (χ3v) is 3.50. The lowest BCUT2D eigenvalue weighted by Crippen LogP contribution is -2.38. The molecular weight excluding hydrogens is 272 g/mol. The molecule has 1 rings (SSSR count). The quantitative estimate of drug-likeness (QED) is 0.784. The van der Waals surface area contributed by atoms with Crippen molar-refractivity contribution in [1.82, 2.24) is 4.90 Å². The summed E-state index contributed by atoms with van der Waals surface area (Å²) in [5.74, 6) is 0.610. The van der Waals surface area contributed by atoms with Crippen molar-refractivity contribution < 1.29 is 9.53 Å². The summed E-state index contributed by atoms with van der Waals surface area (Å²) < 4.78 is 5.48. The van der Waals surface area contributed by atoms with Crippen molar-refractivity contribution in [2.75, 3.05) is 13.7 Å². The fraction of sp³-hybridized carbons (Fsp3) is 0.467. The Kier molecular flexibility index (Phi) is 6.45. The molecule has 0 fully saturated rings. The maximum absolute atomic E-state index is 12.0. The van der Waals surface area contributed by atoms with Crippen LogP contribution in [0.4, 0.5) is 0 Å². The summed E-state index contributed by atoms with van der Waals surface area (Å²) in [6.07, 6.45) is 2.05. The van der Waals surface area contributed by atoms with Gasteiger partial charge in [-0.25, -0.2) is 0 Å². The number of thiocarbonyl (C=S) groups is 1. The molecule has 5 heteroatoms. The van der Waals surface area contributed by atoms with Gasteiger partial charge in [-0.05, 0) is 37.6 Å². The molecule has 0 aromatic heterocycles. The number of carbonyl (C=O) groups is 1. The minimum atomic E-state index is -0.0237. The van der Waals surface area contributed by atoms with Crippen molar-refractivity contribution in [2.24, 2.45) is 5.73 Å². The van der Waals surface area contributed by atoms with Crippen molar-refractivity contribution in [3.63, 3.8) is 0 Å². The van der Waals surface area contributed by atoms with Gasteiger partial charge in [-0.2, -0.15) is 0 Å². The highest BCUT2D eigenvalue weighted by molar-refractivity contribution is 7.80. The summed E-state index contributed by atoms with van der Waals surface area (Å²) in [6, 6.07) is 7.32. The lowest BCUT2D eigenvalue weighted by molar-refractivity contribution is -0.133. The van der Waals surface area contributed by atoms with Crippen LogP contribution in [-0.2, 0) is 4.79 Å². The third-order valence-electron chi connectivity index (χ3n) is 3.26. The summed E-state index contributed by atoms with van der Waals surface area (Å²) in [5, 5.41) is 0. The first-order valence-electron chi connectivity index (χ1n) is 6.74. The van der Waals surface area contributed by atoms with E-state index in [4.69, 9.17) is 22.7 Å².